The molecule has 0 spiro atoms. The first-order chi connectivity index (χ1) is 10.4. The molecule has 0 aliphatic rings. The van der Waals surface area contributed by atoms with E-state index < -0.39 is 21.2 Å². The monoisotopic (exact) mass is 304 g/mol. The number of nitro groups is 2. The van der Waals surface area contributed by atoms with Gasteiger partial charge in [0.25, 0.3) is 5.69 Å². The number of hydrogen-bond donors (Lipinski definition) is 2. The third kappa shape index (κ3) is 3.09. The Kier molecular flexibility index (Phi) is 3.88. The summed E-state index contributed by atoms with van der Waals surface area (Å²) in [5.74, 6) is -0.407. The second kappa shape index (κ2) is 5.78. The Morgan fingerprint density at radius 2 is 1.86 bits per heavy atom. The van der Waals surface area contributed by atoms with Crippen LogP contribution in [0.2, 0.25) is 0 Å². The summed E-state index contributed by atoms with van der Waals surface area (Å²) in [5.41, 5.74) is 4.26. The van der Waals surface area contributed by atoms with E-state index >= 15 is 0 Å². The number of rotatable bonds is 4. The van der Waals surface area contributed by atoms with Gasteiger partial charge in [-0.15, -0.1) is 10.2 Å². The standard InChI is InChI=1S/C11H8N6O5/c12-11-10(18)3-6(5-13-11)14-15-8-2-1-7(16(19)20)4-9(8)17(21)22/h1-5,18H,(H2,12,13). The highest BCUT2D eigenvalue weighted by atomic mass is 16.6. The third-order valence-corrected chi connectivity index (χ3v) is 2.52. The Hall–Kier alpha value is -3.63. The van der Waals surface area contributed by atoms with Gasteiger partial charge >= 0.3 is 5.69 Å². The molecule has 0 saturated carbocycles. The van der Waals surface area contributed by atoms with Gasteiger partial charge in [-0.2, -0.15) is 0 Å². The number of hydrogen-bond acceptors (Lipinski definition) is 9. The number of pyridine rings is 1. The van der Waals surface area contributed by atoms with Crippen LogP contribution in [-0.4, -0.2) is 19.9 Å². The second-order valence-corrected chi connectivity index (χ2v) is 3.99. The molecule has 1 aromatic heterocycles. The van der Waals surface area contributed by atoms with Crippen LogP contribution in [-0.2, 0) is 0 Å². The summed E-state index contributed by atoms with van der Waals surface area (Å²) in [5, 5.41) is 38.2. The molecule has 11 heteroatoms. The van der Waals surface area contributed by atoms with Gasteiger partial charge in [-0.3, -0.25) is 20.2 Å². The first kappa shape index (κ1) is 14.8. The number of non-ortho nitro benzene ring substituents is 1. The molecule has 3 N–H and O–H groups in total. The van der Waals surface area contributed by atoms with Crippen LogP contribution >= 0.6 is 0 Å². The summed E-state index contributed by atoms with van der Waals surface area (Å²) in [6.45, 7) is 0. The van der Waals surface area contributed by atoms with E-state index in [0.29, 0.717) is 0 Å². The van der Waals surface area contributed by atoms with Crippen molar-refractivity contribution < 1.29 is 15.0 Å². The highest BCUT2D eigenvalue weighted by Gasteiger charge is 2.19. The molecule has 0 radical (unpaired) electrons. The smallest absolute Gasteiger partial charge is 0.303 e. The third-order valence-electron chi connectivity index (χ3n) is 2.52. The van der Waals surface area contributed by atoms with Gasteiger partial charge in [0.05, 0.1) is 22.1 Å². The quantitative estimate of drug-likeness (QED) is 0.496. The summed E-state index contributed by atoms with van der Waals surface area (Å²) < 4.78 is 0. The molecule has 0 saturated heterocycles. The summed E-state index contributed by atoms with van der Waals surface area (Å²) in [7, 11) is 0. The molecule has 0 atom stereocenters. The van der Waals surface area contributed by atoms with Crippen LogP contribution < -0.4 is 5.73 Å². The molecular weight excluding hydrogens is 296 g/mol. The van der Waals surface area contributed by atoms with E-state index in [0.717, 1.165) is 18.2 Å². The molecule has 0 aliphatic carbocycles. The van der Waals surface area contributed by atoms with E-state index in [1.807, 2.05) is 0 Å². The molecule has 1 heterocycles. The van der Waals surface area contributed by atoms with E-state index in [-0.39, 0.29) is 22.9 Å². The lowest BCUT2D eigenvalue weighted by Gasteiger charge is -1.98. The maximum Gasteiger partial charge on any atom is 0.303 e. The Morgan fingerprint density at radius 1 is 1.14 bits per heavy atom. The van der Waals surface area contributed by atoms with Gasteiger partial charge < -0.3 is 10.8 Å². The molecule has 0 bridgehead atoms. The number of nitrogens with two attached hydrogens (primary N) is 1. The van der Waals surface area contributed by atoms with Crippen LogP contribution in [0, 0.1) is 20.2 Å². The Bertz CT molecular complexity index is 791. The number of nitro benzene ring substituents is 2. The van der Waals surface area contributed by atoms with Crippen LogP contribution in [0.5, 0.6) is 5.75 Å². The lowest BCUT2D eigenvalue weighted by molar-refractivity contribution is -0.393. The molecule has 0 fully saturated rings. The number of nitrogens with zero attached hydrogens (tertiary/aromatic N) is 5. The molecule has 2 aromatic rings. The minimum atomic E-state index is -0.805. The molecule has 0 amide bonds. The van der Waals surface area contributed by atoms with Crippen LogP contribution in [0.1, 0.15) is 0 Å². The molecule has 1 aromatic carbocycles. The minimum Gasteiger partial charge on any atom is -0.504 e. The van der Waals surface area contributed by atoms with Crippen molar-refractivity contribution in [3.63, 3.8) is 0 Å². The largest absolute Gasteiger partial charge is 0.504 e. The van der Waals surface area contributed by atoms with Crippen molar-refractivity contribution in [2.75, 3.05) is 5.73 Å². The zero-order valence-corrected chi connectivity index (χ0v) is 10.8. The zero-order valence-electron chi connectivity index (χ0n) is 10.8. The number of benzene rings is 1. The predicted molar refractivity (Wildman–Crippen MR) is 74.2 cm³/mol. The highest BCUT2D eigenvalue weighted by Crippen LogP contribution is 2.33. The molecule has 22 heavy (non-hydrogen) atoms. The van der Waals surface area contributed by atoms with Gasteiger partial charge in [-0.05, 0) is 6.07 Å². The molecule has 112 valence electrons. The number of anilines is 1. The van der Waals surface area contributed by atoms with Crippen LogP contribution in [0.15, 0.2) is 40.7 Å². The van der Waals surface area contributed by atoms with Gasteiger partial charge in [0.1, 0.15) is 5.69 Å². The molecule has 0 unspecified atom stereocenters. The van der Waals surface area contributed by atoms with Crippen molar-refractivity contribution in [2.45, 2.75) is 0 Å². The van der Waals surface area contributed by atoms with E-state index in [1.54, 1.807) is 0 Å². The van der Waals surface area contributed by atoms with Crippen molar-refractivity contribution in [1.82, 2.24) is 4.98 Å². The fourth-order valence-corrected chi connectivity index (χ4v) is 1.48. The van der Waals surface area contributed by atoms with Crippen LogP contribution in [0.25, 0.3) is 0 Å². The van der Waals surface area contributed by atoms with Crippen molar-refractivity contribution >= 4 is 28.6 Å². The molecule has 2 rings (SSSR count). The number of azo groups is 1. The fraction of sp³-hybridized carbons (Fsp3) is 0. The average molecular weight is 304 g/mol. The Balaban J connectivity index is 2.39. The number of aromatic hydroxyl groups is 1. The summed E-state index contributed by atoms with van der Waals surface area (Å²) in [6.07, 6.45) is 1.20. The highest BCUT2D eigenvalue weighted by molar-refractivity contribution is 5.62. The normalized spacial score (nSPS) is 10.7. The van der Waals surface area contributed by atoms with E-state index in [2.05, 4.69) is 15.2 Å². The van der Waals surface area contributed by atoms with Gasteiger partial charge in [-0.1, -0.05) is 0 Å². The first-order valence-corrected chi connectivity index (χ1v) is 5.67. The van der Waals surface area contributed by atoms with Crippen molar-refractivity contribution in [3.8, 4) is 5.75 Å². The SMILES string of the molecule is Nc1ncc(N=Nc2ccc([N+](=O)[O-])cc2[N+](=O)[O-])cc1O. The Labute approximate surface area is 122 Å². The molecule has 0 aliphatic heterocycles. The van der Waals surface area contributed by atoms with Crippen LogP contribution in [0.3, 0.4) is 0 Å². The summed E-state index contributed by atoms with van der Waals surface area (Å²) >= 11 is 0. The number of nitrogen functional groups attached to an aromatic ring is 1. The van der Waals surface area contributed by atoms with Gasteiger partial charge in [0, 0.05) is 12.1 Å². The zero-order chi connectivity index (χ0) is 16.3. The Morgan fingerprint density at radius 3 is 2.45 bits per heavy atom. The second-order valence-electron chi connectivity index (χ2n) is 3.99. The maximum atomic E-state index is 10.9. The topological polar surface area (TPSA) is 170 Å². The average Bonchev–Trinajstić information content (AvgIpc) is 2.48. The predicted octanol–water partition coefficient (Wildman–Crippen LogP) is 2.60. The lowest BCUT2D eigenvalue weighted by Crippen LogP contribution is -1.92. The van der Waals surface area contributed by atoms with E-state index in [9.17, 15) is 25.3 Å². The lowest BCUT2D eigenvalue weighted by atomic mass is 10.2. The molecular formula is C11H8N6O5. The van der Waals surface area contributed by atoms with Crippen LogP contribution in [0.4, 0.5) is 28.6 Å². The maximum absolute atomic E-state index is 10.9. The van der Waals surface area contributed by atoms with E-state index in [4.69, 9.17) is 5.73 Å². The first-order valence-electron chi connectivity index (χ1n) is 5.67. The molecule has 11 nitrogen and oxygen atoms in total. The van der Waals surface area contributed by atoms with Crippen molar-refractivity contribution in [2.24, 2.45) is 10.2 Å². The summed E-state index contributed by atoms with van der Waals surface area (Å²) in [4.78, 5) is 23.6. The van der Waals surface area contributed by atoms with Crippen molar-refractivity contribution in [1.29, 1.82) is 0 Å². The fourth-order valence-electron chi connectivity index (χ4n) is 1.48. The number of aromatic nitrogens is 1. The van der Waals surface area contributed by atoms with E-state index in [1.165, 1.54) is 12.3 Å². The van der Waals surface area contributed by atoms with Gasteiger partial charge in [0.2, 0.25) is 0 Å². The van der Waals surface area contributed by atoms with Gasteiger partial charge in [0.15, 0.2) is 17.3 Å². The minimum absolute atomic E-state index is 0.0970. The summed E-state index contributed by atoms with van der Waals surface area (Å²) in [6, 6.07) is 4.13. The van der Waals surface area contributed by atoms with Gasteiger partial charge in [-0.25, -0.2) is 4.98 Å². The van der Waals surface area contributed by atoms with Crippen molar-refractivity contribution in [3.05, 3.63) is 50.7 Å².